The van der Waals surface area contributed by atoms with E-state index < -0.39 is 0 Å². The maximum absolute atomic E-state index is 6.45. The Balaban J connectivity index is 2.12. The lowest BCUT2D eigenvalue weighted by Crippen LogP contribution is -2.53. The molecule has 2 N–H and O–H groups in total. The number of rotatable bonds is 5. The Hall–Kier alpha value is -0.860. The van der Waals surface area contributed by atoms with Gasteiger partial charge in [-0.15, -0.1) is 0 Å². The van der Waals surface area contributed by atoms with Crippen LogP contribution in [0.2, 0.25) is 0 Å². The number of hydrogen-bond donors (Lipinski definition) is 1. The molecule has 2 heteroatoms. The van der Waals surface area contributed by atoms with Gasteiger partial charge >= 0.3 is 0 Å². The van der Waals surface area contributed by atoms with Gasteiger partial charge in [-0.2, -0.15) is 0 Å². The molecule has 0 amide bonds. The fourth-order valence-electron chi connectivity index (χ4n) is 3.69. The van der Waals surface area contributed by atoms with E-state index in [0.717, 1.165) is 13.0 Å². The topological polar surface area (TPSA) is 29.3 Å². The van der Waals surface area contributed by atoms with E-state index in [9.17, 15) is 0 Å². The van der Waals surface area contributed by atoms with Crippen LogP contribution in [0.1, 0.15) is 57.9 Å². The minimum absolute atomic E-state index is 0.337. The average Bonchev–Trinajstić information content (AvgIpc) is 2.50. The van der Waals surface area contributed by atoms with Crippen LogP contribution >= 0.6 is 0 Å². The van der Waals surface area contributed by atoms with Crippen LogP contribution in [-0.4, -0.2) is 29.6 Å². The van der Waals surface area contributed by atoms with Gasteiger partial charge < -0.3 is 5.73 Å². The lowest BCUT2D eigenvalue weighted by Gasteiger charge is -2.43. The quantitative estimate of drug-likeness (QED) is 0.885. The molecule has 0 heterocycles. The standard InChI is InChI=1S/C18H30N2/c1-4-14(3)20(5-2)18-13-16(11-12-17(18)19)15-9-7-6-8-10-15/h6-10,14,16-18H,4-5,11-13,19H2,1-3H3. The summed E-state index contributed by atoms with van der Waals surface area (Å²) in [6.07, 6.45) is 4.80. The van der Waals surface area contributed by atoms with Crippen LogP contribution in [-0.2, 0) is 0 Å². The summed E-state index contributed by atoms with van der Waals surface area (Å²) in [5, 5.41) is 0. The largest absolute Gasteiger partial charge is 0.326 e. The van der Waals surface area contributed by atoms with Crippen molar-refractivity contribution in [1.82, 2.24) is 4.90 Å². The van der Waals surface area contributed by atoms with Gasteiger partial charge in [0.2, 0.25) is 0 Å². The minimum Gasteiger partial charge on any atom is -0.326 e. The summed E-state index contributed by atoms with van der Waals surface area (Å²) in [7, 11) is 0. The zero-order chi connectivity index (χ0) is 14.5. The van der Waals surface area contributed by atoms with Crippen LogP contribution < -0.4 is 5.73 Å². The van der Waals surface area contributed by atoms with Gasteiger partial charge in [0.25, 0.3) is 0 Å². The molecule has 112 valence electrons. The van der Waals surface area contributed by atoms with Crippen molar-refractivity contribution in [2.45, 2.75) is 70.5 Å². The first-order chi connectivity index (χ1) is 9.67. The fourth-order valence-corrected chi connectivity index (χ4v) is 3.69. The highest BCUT2D eigenvalue weighted by atomic mass is 15.2. The summed E-state index contributed by atoms with van der Waals surface area (Å²) >= 11 is 0. The molecule has 2 rings (SSSR count). The molecular weight excluding hydrogens is 244 g/mol. The van der Waals surface area contributed by atoms with Crippen molar-refractivity contribution in [2.24, 2.45) is 5.73 Å². The molecule has 1 aromatic carbocycles. The van der Waals surface area contributed by atoms with E-state index in [4.69, 9.17) is 5.73 Å². The molecule has 0 aliphatic heterocycles. The van der Waals surface area contributed by atoms with Crippen molar-refractivity contribution in [3.05, 3.63) is 35.9 Å². The highest BCUT2D eigenvalue weighted by Crippen LogP contribution is 2.35. The van der Waals surface area contributed by atoms with Crippen LogP contribution in [0, 0.1) is 0 Å². The molecule has 4 unspecified atom stereocenters. The van der Waals surface area contributed by atoms with Crippen LogP contribution in [0.3, 0.4) is 0 Å². The molecule has 20 heavy (non-hydrogen) atoms. The Morgan fingerprint density at radius 1 is 1.20 bits per heavy atom. The first-order valence-corrected chi connectivity index (χ1v) is 8.23. The maximum Gasteiger partial charge on any atom is 0.0255 e. The minimum atomic E-state index is 0.337. The van der Waals surface area contributed by atoms with Gasteiger partial charge in [0, 0.05) is 18.1 Å². The van der Waals surface area contributed by atoms with E-state index in [1.54, 1.807) is 0 Å². The molecule has 0 spiro atoms. The summed E-state index contributed by atoms with van der Waals surface area (Å²) in [5.74, 6) is 0.680. The Bertz CT molecular complexity index is 390. The van der Waals surface area contributed by atoms with Crippen molar-refractivity contribution >= 4 is 0 Å². The highest BCUT2D eigenvalue weighted by molar-refractivity contribution is 5.21. The SMILES string of the molecule is CCC(C)N(CC)C1CC(c2ccccc2)CCC1N. The summed E-state index contributed by atoms with van der Waals surface area (Å²) < 4.78 is 0. The van der Waals surface area contributed by atoms with Gasteiger partial charge in [-0.1, -0.05) is 44.2 Å². The van der Waals surface area contributed by atoms with Crippen molar-refractivity contribution in [3.8, 4) is 0 Å². The molecule has 2 nitrogen and oxygen atoms in total. The van der Waals surface area contributed by atoms with E-state index in [-0.39, 0.29) is 0 Å². The third kappa shape index (κ3) is 3.42. The molecule has 4 atom stereocenters. The van der Waals surface area contributed by atoms with Gasteiger partial charge in [0.15, 0.2) is 0 Å². The van der Waals surface area contributed by atoms with Gasteiger partial charge in [0.1, 0.15) is 0 Å². The average molecular weight is 274 g/mol. The van der Waals surface area contributed by atoms with Gasteiger partial charge in [-0.25, -0.2) is 0 Å². The van der Waals surface area contributed by atoms with Gasteiger partial charge in [-0.05, 0) is 50.6 Å². The summed E-state index contributed by atoms with van der Waals surface area (Å²) in [6, 6.07) is 12.5. The Labute approximate surface area is 124 Å². The second-order valence-electron chi connectivity index (χ2n) is 6.24. The first kappa shape index (κ1) is 15.5. The molecule has 1 aromatic rings. The van der Waals surface area contributed by atoms with E-state index >= 15 is 0 Å². The predicted octanol–water partition coefficient (Wildman–Crippen LogP) is 3.77. The van der Waals surface area contributed by atoms with Crippen LogP contribution in [0.15, 0.2) is 30.3 Å². The zero-order valence-corrected chi connectivity index (χ0v) is 13.3. The van der Waals surface area contributed by atoms with Crippen LogP contribution in [0.4, 0.5) is 0 Å². The van der Waals surface area contributed by atoms with Crippen molar-refractivity contribution in [2.75, 3.05) is 6.54 Å². The van der Waals surface area contributed by atoms with Crippen molar-refractivity contribution < 1.29 is 0 Å². The normalized spacial score (nSPS) is 28.6. The summed E-state index contributed by atoms with van der Waals surface area (Å²) in [5.41, 5.74) is 7.94. The number of hydrogen-bond acceptors (Lipinski definition) is 2. The Morgan fingerprint density at radius 3 is 2.50 bits per heavy atom. The van der Waals surface area contributed by atoms with Crippen molar-refractivity contribution in [3.63, 3.8) is 0 Å². The monoisotopic (exact) mass is 274 g/mol. The van der Waals surface area contributed by atoms with Crippen LogP contribution in [0.25, 0.3) is 0 Å². The molecule has 0 radical (unpaired) electrons. The lowest BCUT2D eigenvalue weighted by molar-refractivity contribution is 0.0938. The summed E-state index contributed by atoms with van der Waals surface area (Å²) in [4.78, 5) is 2.62. The zero-order valence-electron chi connectivity index (χ0n) is 13.3. The molecule has 0 saturated heterocycles. The number of nitrogens with two attached hydrogens (primary N) is 1. The second kappa shape index (κ2) is 7.24. The molecule has 0 aromatic heterocycles. The number of benzene rings is 1. The lowest BCUT2D eigenvalue weighted by atomic mass is 9.78. The third-order valence-electron chi connectivity index (χ3n) is 5.09. The maximum atomic E-state index is 6.45. The molecule has 1 aliphatic carbocycles. The third-order valence-corrected chi connectivity index (χ3v) is 5.09. The van der Waals surface area contributed by atoms with E-state index in [1.807, 2.05) is 0 Å². The number of likely N-dealkylation sites (N-methyl/N-ethyl adjacent to an activating group) is 1. The smallest absolute Gasteiger partial charge is 0.0255 e. The number of nitrogens with zero attached hydrogens (tertiary/aromatic N) is 1. The van der Waals surface area contributed by atoms with E-state index in [0.29, 0.717) is 24.0 Å². The molecule has 1 aliphatic rings. The van der Waals surface area contributed by atoms with E-state index in [1.165, 1.54) is 24.8 Å². The second-order valence-corrected chi connectivity index (χ2v) is 6.24. The van der Waals surface area contributed by atoms with Gasteiger partial charge in [-0.3, -0.25) is 4.90 Å². The molecule has 1 fully saturated rings. The van der Waals surface area contributed by atoms with Crippen LogP contribution in [0.5, 0.6) is 0 Å². The highest BCUT2D eigenvalue weighted by Gasteiger charge is 2.33. The van der Waals surface area contributed by atoms with Crippen molar-refractivity contribution in [1.29, 1.82) is 0 Å². The van der Waals surface area contributed by atoms with E-state index in [2.05, 4.69) is 56.0 Å². The fraction of sp³-hybridized carbons (Fsp3) is 0.667. The Kier molecular flexibility index (Phi) is 5.62. The predicted molar refractivity (Wildman–Crippen MR) is 86.9 cm³/mol. The van der Waals surface area contributed by atoms with Gasteiger partial charge in [0.05, 0.1) is 0 Å². The first-order valence-electron chi connectivity index (χ1n) is 8.23. The molecular formula is C18H30N2. The molecule has 1 saturated carbocycles. The summed E-state index contributed by atoms with van der Waals surface area (Å²) in [6.45, 7) is 7.98. The Morgan fingerprint density at radius 2 is 1.90 bits per heavy atom. The molecule has 0 bridgehead atoms.